The normalized spacial score (nSPS) is 15.2. The minimum atomic E-state index is -0.640. The Kier molecular flexibility index (Phi) is 5.08. The van der Waals surface area contributed by atoms with E-state index in [-0.39, 0.29) is 11.4 Å². The van der Waals surface area contributed by atoms with Crippen molar-refractivity contribution in [3.05, 3.63) is 62.9 Å². The van der Waals surface area contributed by atoms with Gasteiger partial charge < -0.3 is 9.64 Å². The van der Waals surface area contributed by atoms with Crippen LogP contribution < -0.4 is 9.64 Å². The summed E-state index contributed by atoms with van der Waals surface area (Å²) in [4.78, 5) is 12.3. The largest absolute Gasteiger partial charge is 0.490 e. The van der Waals surface area contributed by atoms with Crippen molar-refractivity contribution in [2.24, 2.45) is 0 Å². The zero-order valence-electron chi connectivity index (χ0n) is 13.7. The highest BCUT2D eigenvalue weighted by molar-refractivity contribution is 6.30. The van der Waals surface area contributed by atoms with Crippen LogP contribution in [0.3, 0.4) is 0 Å². The quantitative estimate of drug-likeness (QED) is 0.578. The SMILES string of the molecule is COc1cc(N2CCC(c3ccc(Cl)cc3)CC2)c(F)cc1[N+](=O)[O-]. The van der Waals surface area contributed by atoms with Gasteiger partial charge in [0.25, 0.3) is 0 Å². The van der Waals surface area contributed by atoms with E-state index >= 15 is 0 Å². The average molecular weight is 365 g/mol. The lowest BCUT2D eigenvalue weighted by molar-refractivity contribution is -0.385. The predicted molar refractivity (Wildman–Crippen MR) is 95.2 cm³/mol. The number of nitro benzene ring substituents is 1. The van der Waals surface area contributed by atoms with Crippen molar-refractivity contribution in [3.8, 4) is 5.75 Å². The minimum Gasteiger partial charge on any atom is -0.490 e. The average Bonchev–Trinajstić information content (AvgIpc) is 2.62. The molecule has 1 heterocycles. The molecule has 2 aromatic rings. The molecule has 1 saturated heterocycles. The Morgan fingerprint density at radius 3 is 2.44 bits per heavy atom. The van der Waals surface area contributed by atoms with E-state index in [4.69, 9.17) is 16.3 Å². The number of hydrogen-bond acceptors (Lipinski definition) is 4. The molecule has 0 spiro atoms. The maximum Gasteiger partial charge on any atom is 0.313 e. The van der Waals surface area contributed by atoms with Crippen LogP contribution >= 0.6 is 11.6 Å². The van der Waals surface area contributed by atoms with Gasteiger partial charge in [0, 0.05) is 24.2 Å². The third-order valence-corrected chi connectivity index (χ3v) is 4.87. The molecule has 0 saturated carbocycles. The Bertz CT molecular complexity index is 775. The van der Waals surface area contributed by atoms with Crippen molar-refractivity contribution >= 4 is 23.0 Å². The molecule has 0 radical (unpaired) electrons. The number of ether oxygens (including phenoxy) is 1. The summed E-state index contributed by atoms with van der Waals surface area (Å²) in [6.07, 6.45) is 1.75. The smallest absolute Gasteiger partial charge is 0.313 e. The highest BCUT2D eigenvalue weighted by Gasteiger charge is 2.26. The molecule has 25 heavy (non-hydrogen) atoms. The lowest BCUT2D eigenvalue weighted by Gasteiger charge is -2.34. The monoisotopic (exact) mass is 364 g/mol. The second kappa shape index (κ2) is 7.27. The number of nitro groups is 1. The zero-order valence-corrected chi connectivity index (χ0v) is 14.5. The number of halogens is 2. The predicted octanol–water partition coefficient (Wildman–Crippen LogP) is 4.78. The van der Waals surface area contributed by atoms with Gasteiger partial charge in [-0.25, -0.2) is 4.39 Å². The maximum absolute atomic E-state index is 14.4. The molecule has 0 atom stereocenters. The lowest BCUT2D eigenvalue weighted by atomic mass is 9.89. The van der Waals surface area contributed by atoms with E-state index in [1.54, 1.807) is 0 Å². The van der Waals surface area contributed by atoms with Gasteiger partial charge in [0.15, 0.2) is 11.6 Å². The van der Waals surface area contributed by atoms with Gasteiger partial charge in [-0.1, -0.05) is 23.7 Å². The molecule has 0 N–H and O–H groups in total. The summed E-state index contributed by atoms with van der Waals surface area (Å²) < 4.78 is 19.4. The van der Waals surface area contributed by atoms with Crippen molar-refractivity contribution in [2.75, 3.05) is 25.1 Å². The Hall–Kier alpha value is -2.34. The van der Waals surface area contributed by atoms with Gasteiger partial charge in [0.1, 0.15) is 0 Å². The van der Waals surface area contributed by atoms with E-state index in [0.29, 0.717) is 29.7 Å². The van der Waals surface area contributed by atoms with E-state index in [2.05, 4.69) is 0 Å². The molecule has 5 nitrogen and oxygen atoms in total. The van der Waals surface area contributed by atoms with Crippen molar-refractivity contribution in [2.45, 2.75) is 18.8 Å². The Balaban J connectivity index is 1.76. The molecule has 7 heteroatoms. The fraction of sp³-hybridized carbons (Fsp3) is 0.333. The van der Waals surface area contributed by atoms with Crippen LogP contribution in [0.4, 0.5) is 15.8 Å². The second-order valence-electron chi connectivity index (χ2n) is 6.05. The van der Waals surface area contributed by atoms with Crippen LogP contribution in [0.5, 0.6) is 5.75 Å². The van der Waals surface area contributed by atoms with E-state index in [1.807, 2.05) is 29.2 Å². The Morgan fingerprint density at radius 2 is 1.88 bits per heavy atom. The molecule has 1 fully saturated rings. The van der Waals surface area contributed by atoms with Crippen LogP contribution in [0.15, 0.2) is 36.4 Å². The molecule has 132 valence electrons. The number of benzene rings is 2. The fourth-order valence-electron chi connectivity index (χ4n) is 3.27. The number of nitrogens with zero attached hydrogens (tertiary/aromatic N) is 2. The molecule has 2 aromatic carbocycles. The first-order valence-electron chi connectivity index (χ1n) is 8.02. The summed E-state index contributed by atoms with van der Waals surface area (Å²) in [5, 5.41) is 11.7. The molecule has 0 aromatic heterocycles. The summed E-state index contributed by atoms with van der Waals surface area (Å²) in [5.74, 6) is -0.129. The Labute approximate surface area is 150 Å². The lowest BCUT2D eigenvalue weighted by Crippen LogP contribution is -2.33. The number of hydrogen-bond donors (Lipinski definition) is 0. The van der Waals surface area contributed by atoms with Crippen LogP contribution in [0.1, 0.15) is 24.3 Å². The first-order valence-corrected chi connectivity index (χ1v) is 8.39. The minimum absolute atomic E-state index is 0.0706. The number of methoxy groups -OCH3 is 1. The fourth-order valence-corrected chi connectivity index (χ4v) is 3.40. The first-order chi connectivity index (χ1) is 12.0. The van der Waals surface area contributed by atoms with Gasteiger partial charge >= 0.3 is 5.69 Å². The van der Waals surface area contributed by atoms with Gasteiger partial charge in [-0.2, -0.15) is 0 Å². The van der Waals surface area contributed by atoms with Crippen molar-refractivity contribution in [1.29, 1.82) is 0 Å². The molecular weight excluding hydrogens is 347 g/mol. The van der Waals surface area contributed by atoms with Gasteiger partial charge in [-0.05, 0) is 36.5 Å². The molecule has 0 aliphatic carbocycles. The van der Waals surface area contributed by atoms with E-state index in [0.717, 1.165) is 18.9 Å². The van der Waals surface area contributed by atoms with Crippen LogP contribution in [0, 0.1) is 15.9 Å². The van der Waals surface area contributed by atoms with Crippen molar-refractivity contribution < 1.29 is 14.1 Å². The van der Waals surface area contributed by atoms with E-state index in [1.165, 1.54) is 18.7 Å². The van der Waals surface area contributed by atoms with E-state index < -0.39 is 10.7 Å². The third-order valence-electron chi connectivity index (χ3n) is 4.62. The van der Waals surface area contributed by atoms with Crippen LogP contribution in [0.2, 0.25) is 5.02 Å². The highest BCUT2D eigenvalue weighted by Crippen LogP contribution is 2.37. The number of rotatable bonds is 4. The third kappa shape index (κ3) is 3.69. The van der Waals surface area contributed by atoms with Gasteiger partial charge in [-0.3, -0.25) is 10.1 Å². The molecule has 0 amide bonds. The maximum atomic E-state index is 14.4. The molecular formula is C18H18ClFN2O3. The van der Waals surface area contributed by atoms with Gasteiger partial charge in [-0.15, -0.1) is 0 Å². The van der Waals surface area contributed by atoms with Crippen LogP contribution in [-0.2, 0) is 0 Å². The summed E-state index contributed by atoms with van der Waals surface area (Å²) in [7, 11) is 1.34. The van der Waals surface area contributed by atoms with Crippen LogP contribution in [-0.4, -0.2) is 25.1 Å². The second-order valence-corrected chi connectivity index (χ2v) is 6.48. The molecule has 1 aliphatic rings. The first kappa shape index (κ1) is 17.5. The van der Waals surface area contributed by atoms with E-state index in [9.17, 15) is 14.5 Å². The van der Waals surface area contributed by atoms with Crippen molar-refractivity contribution in [3.63, 3.8) is 0 Å². The summed E-state index contributed by atoms with van der Waals surface area (Å²) in [6.45, 7) is 1.34. The zero-order chi connectivity index (χ0) is 18.0. The van der Waals surface area contributed by atoms with Gasteiger partial charge in [0.2, 0.25) is 0 Å². The van der Waals surface area contributed by atoms with Crippen LogP contribution in [0.25, 0.3) is 0 Å². The summed E-state index contributed by atoms with van der Waals surface area (Å²) >= 11 is 5.93. The van der Waals surface area contributed by atoms with Gasteiger partial charge in [0.05, 0.1) is 23.8 Å². The summed E-state index contributed by atoms with van der Waals surface area (Å²) in [6, 6.07) is 10.2. The van der Waals surface area contributed by atoms with Crippen molar-refractivity contribution in [1.82, 2.24) is 0 Å². The number of anilines is 1. The highest BCUT2D eigenvalue weighted by atomic mass is 35.5. The summed E-state index contributed by atoms with van der Waals surface area (Å²) in [5.41, 5.74) is 1.21. The molecule has 0 bridgehead atoms. The topological polar surface area (TPSA) is 55.6 Å². The molecule has 1 aliphatic heterocycles. The standard InChI is InChI=1S/C18H18ClFN2O3/c1-25-18-11-16(15(20)10-17(18)22(23)24)21-8-6-13(7-9-21)12-2-4-14(19)5-3-12/h2-5,10-11,13H,6-9H2,1H3. The Morgan fingerprint density at radius 1 is 1.24 bits per heavy atom. The number of piperidine rings is 1. The molecule has 3 rings (SSSR count). The molecule has 0 unspecified atom stereocenters.